The Hall–Kier alpha value is -3.16. The largest absolute Gasteiger partial charge is 0.497 e. The monoisotopic (exact) mass is 421 g/mol. The van der Waals surface area contributed by atoms with Crippen molar-refractivity contribution in [2.45, 2.75) is 13.3 Å². The highest BCUT2D eigenvalue weighted by molar-refractivity contribution is 6.00. The number of benzene rings is 1. The van der Waals surface area contributed by atoms with Crippen LogP contribution in [-0.2, 0) is 9.59 Å². The Balaban J connectivity index is 1.21. The molecular formula is C23H27N5O3. The van der Waals surface area contributed by atoms with Gasteiger partial charge in [-0.05, 0) is 19.1 Å². The molecule has 2 amide bonds. The summed E-state index contributed by atoms with van der Waals surface area (Å²) in [6, 6.07) is 9.46. The number of carbonyl (C=O) groups excluding carboxylic acids is 2. The van der Waals surface area contributed by atoms with Crippen molar-refractivity contribution in [3.63, 3.8) is 0 Å². The predicted octanol–water partition coefficient (Wildman–Crippen LogP) is 1.74. The van der Waals surface area contributed by atoms with Crippen molar-refractivity contribution in [3.8, 4) is 5.75 Å². The summed E-state index contributed by atoms with van der Waals surface area (Å²) in [7, 11) is 1.61. The fourth-order valence-corrected chi connectivity index (χ4v) is 5.13. The summed E-state index contributed by atoms with van der Waals surface area (Å²) < 4.78 is 5.27. The van der Waals surface area contributed by atoms with Crippen LogP contribution in [0, 0.1) is 24.7 Å². The fraction of sp³-hybridized carbons (Fsp3) is 0.478. The van der Waals surface area contributed by atoms with E-state index in [9.17, 15) is 9.59 Å². The number of carbonyl (C=O) groups is 2. The van der Waals surface area contributed by atoms with Gasteiger partial charge in [0.2, 0.25) is 11.8 Å². The molecule has 0 spiro atoms. The molecule has 4 heterocycles. The van der Waals surface area contributed by atoms with E-state index < -0.39 is 0 Å². The highest BCUT2D eigenvalue weighted by atomic mass is 16.5. The lowest BCUT2D eigenvalue weighted by molar-refractivity contribution is -0.135. The van der Waals surface area contributed by atoms with Gasteiger partial charge in [-0.3, -0.25) is 9.59 Å². The maximum Gasteiger partial charge on any atom is 0.228 e. The lowest BCUT2D eigenvalue weighted by atomic mass is 10.0. The van der Waals surface area contributed by atoms with Crippen LogP contribution in [0.2, 0.25) is 0 Å². The third kappa shape index (κ3) is 3.71. The number of fused-ring (bicyclic) bond motifs is 1. The van der Waals surface area contributed by atoms with E-state index in [1.165, 1.54) is 0 Å². The van der Waals surface area contributed by atoms with E-state index in [1.54, 1.807) is 18.3 Å². The molecule has 0 bridgehead atoms. The van der Waals surface area contributed by atoms with Gasteiger partial charge < -0.3 is 19.4 Å². The van der Waals surface area contributed by atoms with E-state index in [0.29, 0.717) is 24.1 Å². The second kappa shape index (κ2) is 7.83. The molecule has 162 valence electrons. The second-order valence-corrected chi connectivity index (χ2v) is 8.79. The number of likely N-dealkylation sites (tertiary alicyclic amines) is 1. The third-order valence-electron chi connectivity index (χ3n) is 6.75. The van der Waals surface area contributed by atoms with Gasteiger partial charge in [-0.25, -0.2) is 9.97 Å². The molecule has 0 N–H and O–H groups in total. The first-order valence-electron chi connectivity index (χ1n) is 10.8. The first-order valence-corrected chi connectivity index (χ1v) is 10.8. The molecule has 2 aromatic rings. The Bertz CT molecular complexity index is 998. The van der Waals surface area contributed by atoms with E-state index in [0.717, 1.165) is 43.4 Å². The van der Waals surface area contributed by atoms with Crippen molar-refractivity contribution in [3.05, 3.63) is 42.4 Å². The van der Waals surface area contributed by atoms with Crippen molar-refractivity contribution in [1.82, 2.24) is 14.9 Å². The van der Waals surface area contributed by atoms with E-state index >= 15 is 0 Å². The number of hydrogen-bond donors (Lipinski definition) is 0. The lowest BCUT2D eigenvalue weighted by Crippen LogP contribution is -2.38. The Morgan fingerprint density at radius 1 is 1.06 bits per heavy atom. The molecule has 3 atom stereocenters. The summed E-state index contributed by atoms with van der Waals surface area (Å²) in [6.07, 6.45) is 1.88. The SMILES string of the molecule is COc1cccc(N2CC(C(=O)N3CC4CN(c5cc(C)ncn5)CC4C3)CC2=O)c1. The molecule has 3 fully saturated rings. The smallest absolute Gasteiger partial charge is 0.228 e. The topological polar surface area (TPSA) is 78.9 Å². The summed E-state index contributed by atoms with van der Waals surface area (Å²) in [4.78, 5) is 40.4. The van der Waals surface area contributed by atoms with Crippen molar-refractivity contribution < 1.29 is 14.3 Å². The molecule has 5 rings (SSSR count). The van der Waals surface area contributed by atoms with Crippen molar-refractivity contribution in [1.29, 1.82) is 0 Å². The van der Waals surface area contributed by atoms with Gasteiger partial charge in [-0.15, -0.1) is 0 Å². The Morgan fingerprint density at radius 3 is 2.55 bits per heavy atom. The number of aryl methyl sites for hydroxylation is 1. The number of amides is 2. The van der Waals surface area contributed by atoms with Gasteiger partial charge in [0.1, 0.15) is 17.9 Å². The maximum atomic E-state index is 13.2. The quantitative estimate of drug-likeness (QED) is 0.748. The number of hydrogen-bond acceptors (Lipinski definition) is 6. The molecule has 1 aromatic carbocycles. The molecule has 0 saturated carbocycles. The molecule has 0 radical (unpaired) electrons. The standard InChI is InChI=1S/C23H27N5O3/c1-15-6-21(25-14-24-15)26-9-17-11-27(12-18(17)10-26)23(30)16-7-22(29)28(13-16)19-4-3-5-20(8-19)31-2/h3-6,8,14,16-18H,7,9-13H2,1-2H3. The van der Waals surface area contributed by atoms with Crippen molar-refractivity contribution in [2.75, 3.05) is 49.6 Å². The Morgan fingerprint density at radius 2 is 1.84 bits per heavy atom. The van der Waals surface area contributed by atoms with Gasteiger partial charge in [-0.1, -0.05) is 6.07 Å². The molecular weight excluding hydrogens is 394 g/mol. The van der Waals surface area contributed by atoms with Crippen LogP contribution in [0.4, 0.5) is 11.5 Å². The molecule has 0 aliphatic carbocycles. The number of ether oxygens (including phenoxy) is 1. The van der Waals surface area contributed by atoms with Crippen molar-refractivity contribution >= 4 is 23.3 Å². The van der Waals surface area contributed by atoms with Crippen LogP contribution >= 0.6 is 0 Å². The Kier molecular flexibility index (Phi) is 5.00. The van der Waals surface area contributed by atoms with Gasteiger partial charge in [0.15, 0.2) is 0 Å². The van der Waals surface area contributed by atoms with Crippen LogP contribution in [0.5, 0.6) is 5.75 Å². The molecule has 3 aliphatic rings. The highest BCUT2D eigenvalue weighted by Crippen LogP contribution is 2.35. The fourth-order valence-electron chi connectivity index (χ4n) is 5.13. The van der Waals surface area contributed by atoms with Crippen molar-refractivity contribution in [2.24, 2.45) is 17.8 Å². The van der Waals surface area contributed by atoms with E-state index in [2.05, 4.69) is 14.9 Å². The van der Waals surface area contributed by atoms with Gasteiger partial charge in [0, 0.05) is 74.5 Å². The first-order chi connectivity index (χ1) is 15.0. The zero-order valence-corrected chi connectivity index (χ0v) is 17.9. The van der Waals surface area contributed by atoms with Gasteiger partial charge >= 0.3 is 0 Å². The zero-order valence-electron chi connectivity index (χ0n) is 17.9. The predicted molar refractivity (Wildman–Crippen MR) is 116 cm³/mol. The number of rotatable bonds is 4. The van der Waals surface area contributed by atoms with E-state index in [1.807, 2.05) is 42.2 Å². The minimum absolute atomic E-state index is 0.00343. The minimum Gasteiger partial charge on any atom is -0.497 e. The summed E-state index contributed by atoms with van der Waals surface area (Å²) in [5.74, 6) is 2.40. The molecule has 8 heteroatoms. The summed E-state index contributed by atoms with van der Waals surface area (Å²) in [6.45, 7) is 5.74. The molecule has 8 nitrogen and oxygen atoms in total. The highest BCUT2D eigenvalue weighted by Gasteiger charge is 2.45. The van der Waals surface area contributed by atoms with Gasteiger partial charge in [0.25, 0.3) is 0 Å². The van der Waals surface area contributed by atoms with Gasteiger partial charge in [0.05, 0.1) is 13.0 Å². The van der Waals surface area contributed by atoms with Crippen LogP contribution in [0.25, 0.3) is 0 Å². The number of nitrogens with zero attached hydrogens (tertiary/aromatic N) is 5. The maximum absolute atomic E-state index is 13.2. The van der Waals surface area contributed by atoms with Crippen LogP contribution in [0.15, 0.2) is 36.7 Å². The third-order valence-corrected chi connectivity index (χ3v) is 6.75. The number of anilines is 2. The molecule has 3 aliphatic heterocycles. The minimum atomic E-state index is -0.279. The number of aromatic nitrogens is 2. The summed E-state index contributed by atoms with van der Waals surface area (Å²) >= 11 is 0. The lowest BCUT2D eigenvalue weighted by Gasteiger charge is -2.24. The normalized spacial score (nSPS) is 25.3. The van der Waals surface area contributed by atoms with E-state index in [-0.39, 0.29) is 24.2 Å². The molecule has 1 aromatic heterocycles. The summed E-state index contributed by atoms with van der Waals surface area (Å²) in [5.41, 5.74) is 1.75. The van der Waals surface area contributed by atoms with Crippen LogP contribution < -0.4 is 14.5 Å². The average Bonchev–Trinajstić information content (AvgIpc) is 3.46. The van der Waals surface area contributed by atoms with E-state index in [4.69, 9.17) is 4.74 Å². The van der Waals surface area contributed by atoms with Gasteiger partial charge in [-0.2, -0.15) is 0 Å². The van der Waals surface area contributed by atoms with Crippen LogP contribution in [0.3, 0.4) is 0 Å². The second-order valence-electron chi connectivity index (χ2n) is 8.79. The summed E-state index contributed by atoms with van der Waals surface area (Å²) in [5, 5.41) is 0. The molecule has 3 unspecified atom stereocenters. The first kappa shape index (κ1) is 19.8. The number of methoxy groups -OCH3 is 1. The molecule has 3 saturated heterocycles. The van der Waals surface area contributed by atoms with Crippen LogP contribution in [0.1, 0.15) is 12.1 Å². The average molecular weight is 422 g/mol. The Labute approximate surface area is 181 Å². The zero-order chi connectivity index (χ0) is 21.5. The van der Waals surface area contributed by atoms with Crippen LogP contribution in [-0.4, -0.2) is 66.5 Å². The molecule has 31 heavy (non-hydrogen) atoms.